The fourth-order valence-corrected chi connectivity index (χ4v) is 5.15. The van der Waals surface area contributed by atoms with Gasteiger partial charge in [0.05, 0.1) is 28.8 Å². The molecule has 5 heterocycles. The summed E-state index contributed by atoms with van der Waals surface area (Å²) in [7, 11) is 2.54. The van der Waals surface area contributed by atoms with Crippen LogP contribution in [0.4, 0.5) is 10.1 Å². The Morgan fingerprint density at radius 1 is 1.02 bits per heavy atom. The Balaban J connectivity index is 1.42. The topological polar surface area (TPSA) is 98.4 Å². The highest BCUT2D eigenvalue weighted by Gasteiger charge is 2.17. The molecule has 10 heteroatoms. The molecule has 0 bridgehead atoms. The molecule has 0 saturated heterocycles. The van der Waals surface area contributed by atoms with E-state index in [1.54, 1.807) is 18.5 Å². The molecule has 5 aromatic heterocycles. The number of nitrogens with one attached hydrogen (secondary N) is 3. The van der Waals surface area contributed by atoms with E-state index < -0.39 is 9.39 Å². The minimum atomic E-state index is -1.42. The van der Waals surface area contributed by atoms with E-state index in [0.717, 1.165) is 55.7 Å². The lowest BCUT2D eigenvalue weighted by molar-refractivity contribution is 0.625. The molecule has 0 fully saturated rings. The standard InChI is InChI=1S/C30H29FN8S/c1-39(2)22-13-20(16-32-17-22)25-6-7-26-28(35-25)29(38-37-26)27-14-24-23(8-9-33-30(24)36-27)19-10-18(11-21(31)12-19)15-34-40(3,4)5/h6-14,16-17,34H,3-4,15H2,1-2,5H3,(H,33,36)(H,37,38). The van der Waals surface area contributed by atoms with E-state index in [9.17, 15) is 4.39 Å². The van der Waals surface area contributed by atoms with Crippen LogP contribution in [0.25, 0.3) is 55.8 Å². The van der Waals surface area contributed by atoms with Crippen LogP contribution >= 0.6 is 9.39 Å². The molecule has 0 aliphatic rings. The summed E-state index contributed by atoms with van der Waals surface area (Å²) in [5.41, 5.74) is 8.82. The number of halogens is 1. The molecule has 0 atom stereocenters. The van der Waals surface area contributed by atoms with Gasteiger partial charge in [-0.15, -0.1) is 0 Å². The Morgan fingerprint density at radius 2 is 1.88 bits per heavy atom. The van der Waals surface area contributed by atoms with E-state index in [1.807, 2.05) is 61.8 Å². The average Bonchev–Trinajstić information content (AvgIpc) is 3.55. The van der Waals surface area contributed by atoms with Crippen molar-refractivity contribution in [3.05, 3.63) is 78.5 Å². The second-order valence-electron chi connectivity index (χ2n) is 10.2. The van der Waals surface area contributed by atoms with Crippen LogP contribution < -0.4 is 9.62 Å². The minimum absolute atomic E-state index is 0.303. The second kappa shape index (κ2) is 9.89. The predicted molar refractivity (Wildman–Crippen MR) is 167 cm³/mol. The van der Waals surface area contributed by atoms with Crippen LogP contribution in [-0.4, -0.2) is 62.2 Å². The molecule has 0 aliphatic heterocycles. The number of fused-ring (bicyclic) bond motifs is 2. The molecule has 0 spiro atoms. The summed E-state index contributed by atoms with van der Waals surface area (Å²) in [6.45, 7) is 0.483. The number of hydrogen-bond donors (Lipinski definition) is 3. The summed E-state index contributed by atoms with van der Waals surface area (Å²) in [6, 6.07) is 14.9. The zero-order valence-electron chi connectivity index (χ0n) is 22.5. The fraction of sp³-hybridized carbons (Fsp3) is 0.133. The van der Waals surface area contributed by atoms with Gasteiger partial charge < -0.3 is 9.88 Å². The lowest BCUT2D eigenvalue weighted by Gasteiger charge is -2.12. The minimum Gasteiger partial charge on any atom is -0.376 e. The van der Waals surface area contributed by atoms with Gasteiger partial charge in [0.25, 0.3) is 0 Å². The lowest BCUT2D eigenvalue weighted by atomic mass is 10.0. The molecule has 3 N–H and O–H groups in total. The number of pyridine rings is 3. The van der Waals surface area contributed by atoms with Crippen LogP contribution in [0.3, 0.4) is 0 Å². The Bertz CT molecular complexity index is 1990. The number of H-pyrrole nitrogens is 2. The number of anilines is 1. The smallest absolute Gasteiger partial charge is 0.138 e. The molecule has 1 aromatic carbocycles. The average molecular weight is 553 g/mol. The van der Waals surface area contributed by atoms with Gasteiger partial charge in [-0.05, 0) is 71.5 Å². The Labute approximate surface area is 231 Å². The highest BCUT2D eigenvalue weighted by Crippen LogP contribution is 2.34. The third-order valence-electron chi connectivity index (χ3n) is 6.62. The van der Waals surface area contributed by atoms with Crippen LogP contribution in [0.1, 0.15) is 5.56 Å². The van der Waals surface area contributed by atoms with Gasteiger partial charge in [0.15, 0.2) is 0 Å². The Kier molecular flexibility index (Phi) is 6.36. The molecular weight excluding hydrogens is 523 g/mol. The highest BCUT2D eigenvalue weighted by molar-refractivity contribution is 8.25. The van der Waals surface area contributed by atoms with E-state index in [1.165, 1.54) is 6.07 Å². The first-order valence-corrected chi connectivity index (χ1v) is 15.0. The molecule has 6 aromatic rings. The highest BCUT2D eigenvalue weighted by atomic mass is 32.2. The quantitative estimate of drug-likeness (QED) is 0.219. The van der Waals surface area contributed by atoms with Crippen molar-refractivity contribution in [1.29, 1.82) is 0 Å². The van der Waals surface area contributed by atoms with Gasteiger partial charge in [0.1, 0.15) is 22.7 Å². The largest absolute Gasteiger partial charge is 0.376 e. The van der Waals surface area contributed by atoms with Crippen LogP contribution in [0.2, 0.25) is 0 Å². The molecule has 0 amide bonds. The zero-order chi connectivity index (χ0) is 28.0. The van der Waals surface area contributed by atoms with Gasteiger partial charge in [-0.3, -0.25) is 14.8 Å². The molecule has 8 nitrogen and oxygen atoms in total. The van der Waals surface area contributed by atoms with Crippen LogP contribution in [-0.2, 0) is 6.54 Å². The number of hydrogen-bond acceptors (Lipinski definition) is 6. The lowest BCUT2D eigenvalue weighted by Crippen LogP contribution is -2.08. The summed E-state index contributed by atoms with van der Waals surface area (Å²) in [4.78, 5) is 19.2. The van der Waals surface area contributed by atoms with E-state index in [-0.39, 0.29) is 5.82 Å². The van der Waals surface area contributed by atoms with Crippen LogP contribution in [0, 0.1) is 5.82 Å². The molecule has 6 rings (SSSR count). The monoisotopic (exact) mass is 552 g/mol. The maximum absolute atomic E-state index is 14.7. The van der Waals surface area contributed by atoms with Gasteiger partial charge >= 0.3 is 0 Å². The van der Waals surface area contributed by atoms with Gasteiger partial charge in [0, 0.05) is 44.0 Å². The molecule has 40 heavy (non-hydrogen) atoms. The summed E-state index contributed by atoms with van der Waals surface area (Å²) in [5, 5.41) is 8.52. The summed E-state index contributed by atoms with van der Waals surface area (Å²) >= 11 is 0. The van der Waals surface area contributed by atoms with Gasteiger partial charge in [-0.1, -0.05) is 11.7 Å². The van der Waals surface area contributed by atoms with Gasteiger partial charge in [-0.25, -0.2) is 14.4 Å². The normalized spacial score (nSPS) is 11.9. The molecule has 0 aliphatic carbocycles. The molecule has 0 radical (unpaired) electrons. The maximum Gasteiger partial charge on any atom is 0.138 e. The molecule has 0 saturated carbocycles. The predicted octanol–water partition coefficient (Wildman–Crippen LogP) is 5.74. The third-order valence-corrected chi connectivity index (χ3v) is 7.47. The number of nitrogens with zero attached hydrogens (tertiary/aromatic N) is 5. The summed E-state index contributed by atoms with van der Waals surface area (Å²) < 4.78 is 18.0. The number of aromatic nitrogens is 6. The van der Waals surface area contributed by atoms with Crippen molar-refractivity contribution in [2.45, 2.75) is 6.54 Å². The number of aromatic amines is 2. The van der Waals surface area contributed by atoms with Crippen molar-refractivity contribution >= 4 is 48.9 Å². The first kappa shape index (κ1) is 25.7. The maximum atomic E-state index is 14.7. The molecule has 202 valence electrons. The molecular formula is C30H29FN8S. The SMILES string of the molecule is C=S(=C)(C)NCc1cc(F)cc(-c2ccnc3[nH]c(-c4n[nH]c5ccc(-c6cncc(N(C)C)c6)nc45)cc23)c1. The van der Waals surface area contributed by atoms with Crippen molar-refractivity contribution < 1.29 is 4.39 Å². The third kappa shape index (κ3) is 5.06. The first-order chi connectivity index (χ1) is 19.1. The number of benzene rings is 1. The van der Waals surface area contributed by atoms with Crippen LogP contribution in [0.5, 0.6) is 0 Å². The van der Waals surface area contributed by atoms with Crippen molar-refractivity contribution in [3.63, 3.8) is 0 Å². The molecule has 0 unspecified atom stereocenters. The fourth-order valence-electron chi connectivity index (χ4n) is 4.63. The van der Waals surface area contributed by atoms with Crippen molar-refractivity contribution in [3.8, 4) is 33.8 Å². The second-order valence-corrected chi connectivity index (χ2v) is 13.1. The Hall–Kier alpha value is -4.54. The van der Waals surface area contributed by atoms with E-state index in [4.69, 9.17) is 4.98 Å². The van der Waals surface area contributed by atoms with Crippen molar-refractivity contribution in [2.75, 3.05) is 25.3 Å². The van der Waals surface area contributed by atoms with E-state index >= 15 is 0 Å². The van der Waals surface area contributed by atoms with Gasteiger partial charge in [0.2, 0.25) is 0 Å². The van der Waals surface area contributed by atoms with Gasteiger partial charge in [-0.2, -0.15) is 14.5 Å². The first-order valence-electron chi connectivity index (χ1n) is 12.6. The number of rotatable bonds is 7. The summed E-state index contributed by atoms with van der Waals surface area (Å²) in [5.74, 6) is 7.79. The van der Waals surface area contributed by atoms with Crippen LogP contribution in [0.15, 0.2) is 67.1 Å². The van der Waals surface area contributed by atoms with E-state index in [0.29, 0.717) is 17.9 Å². The van der Waals surface area contributed by atoms with E-state index in [2.05, 4.69) is 47.7 Å². The van der Waals surface area contributed by atoms with Crippen molar-refractivity contribution in [1.82, 2.24) is 34.9 Å². The van der Waals surface area contributed by atoms with Crippen molar-refractivity contribution in [2.24, 2.45) is 0 Å². The zero-order valence-corrected chi connectivity index (χ0v) is 23.3. The Morgan fingerprint density at radius 3 is 2.67 bits per heavy atom. The summed E-state index contributed by atoms with van der Waals surface area (Å²) in [6.07, 6.45) is 7.30.